The van der Waals surface area contributed by atoms with Crippen LogP contribution in [-0.2, 0) is 14.2 Å². The minimum atomic E-state index is -1.61. The molecule has 2 aliphatic rings. The quantitative estimate of drug-likeness (QED) is 0.267. The van der Waals surface area contributed by atoms with Gasteiger partial charge in [0, 0.05) is 0 Å². The Bertz CT molecular complexity index is 656. The van der Waals surface area contributed by atoms with E-state index in [-0.39, 0.29) is 18.1 Å². The minimum Gasteiger partial charge on any atom is -0.508 e. The Morgan fingerprint density at radius 2 is 1.34 bits per heavy atom. The molecule has 3 rings (SSSR count). The van der Waals surface area contributed by atoms with Crippen LogP contribution in [0.5, 0.6) is 11.5 Å². The van der Waals surface area contributed by atoms with E-state index >= 15 is 0 Å². The molecule has 2 saturated heterocycles. The van der Waals surface area contributed by atoms with Crippen molar-refractivity contribution in [3.8, 4) is 11.5 Å². The number of hydrogen-bond donors (Lipinski definition) is 7. The fourth-order valence-corrected chi connectivity index (χ4v) is 3.15. The average molecular weight is 418 g/mol. The third-order valence-electron chi connectivity index (χ3n) is 4.99. The van der Waals surface area contributed by atoms with Crippen molar-refractivity contribution in [1.29, 1.82) is 0 Å². The zero-order chi connectivity index (χ0) is 21.3. The summed E-state index contributed by atoms with van der Waals surface area (Å²) in [5, 5.41) is 69.2. The second kappa shape index (κ2) is 9.08. The van der Waals surface area contributed by atoms with E-state index in [9.17, 15) is 35.7 Å². The van der Waals surface area contributed by atoms with E-state index in [0.717, 1.165) is 0 Å². The first-order chi connectivity index (χ1) is 13.7. The van der Waals surface area contributed by atoms with E-state index in [4.69, 9.17) is 18.9 Å². The van der Waals surface area contributed by atoms with Gasteiger partial charge in [-0.3, -0.25) is 0 Å². The van der Waals surface area contributed by atoms with E-state index in [0.29, 0.717) is 0 Å². The summed E-state index contributed by atoms with van der Waals surface area (Å²) in [6.07, 6.45) is -13.7. The molecule has 0 aromatic heterocycles. The highest BCUT2D eigenvalue weighted by atomic mass is 16.7. The molecular weight excluding hydrogens is 392 g/mol. The van der Waals surface area contributed by atoms with Crippen molar-refractivity contribution in [2.45, 2.75) is 68.3 Å². The fourth-order valence-electron chi connectivity index (χ4n) is 3.15. The van der Waals surface area contributed by atoms with E-state index < -0.39 is 61.4 Å². The molecule has 164 valence electrons. The fraction of sp³-hybridized carbons (Fsp3) is 0.667. The van der Waals surface area contributed by atoms with Gasteiger partial charge in [-0.1, -0.05) is 0 Å². The number of benzene rings is 1. The van der Waals surface area contributed by atoms with Crippen molar-refractivity contribution in [1.82, 2.24) is 0 Å². The molecule has 1 aromatic carbocycles. The molecule has 0 aliphatic carbocycles. The molecule has 11 nitrogen and oxygen atoms in total. The molecule has 29 heavy (non-hydrogen) atoms. The first-order valence-electron chi connectivity index (χ1n) is 9.15. The molecule has 0 amide bonds. The van der Waals surface area contributed by atoms with Gasteiger partial charge in [-0.05, 0) is 31.2 Å². The lowest BCUT2D eigenvalue weighted by Crippen LogP contribution is -2.61. The normalized spacial score (nSPS) is 43.1. The largest absolute Gasteiger partial charge is 0.508 e. The van der Waals surface area contributed by atoms with Gasteiger partial charge in [0.15, 0.2) is 6.29 Å². The highest BCUT2D eigenvalue weighted by molar-refractivity contribution is 5.30. The summed E-state index contributed by atoms with van der Waals surface area (Å²) in [6, 6.07) is 5.57. The summed E-state index contributed by atoms with van der Waals surface area (Å²) < 4.78 is 21.7. The van der Waals surface area contributed by atoms with Gasteiger partial charge < -0.3 is 54.7 Å². The van der Waals surface area contributed by atoms with Gasteiger partial charge in [0.25, 0.3) is 0 Å². The molecule has 0 spiro atoms. The van der Waals surface area contributed by atoms with Gasteiger partial charge in [-0.25, -0.2) is 0 Å². The number of rotatable bonds is 5. The molecule has 2 fully saturated rings. The van der Waals surface area contributed by atoms with Crippen molar-refractivity contribution < 1.29 is 54.7 Å². The van der Waals surface area contributed by atoms with Gasteiger partial charge >= 0.3 is 0 Å². The highest BCUT2D eigenvalue weighted by Crippen LogP contribution is 2.27. The van der Waals surface area contributed by atoms with Crippen LogP contribution in [-0.4, -0.2) is 104 Å². The Morgan fingerprint density at radius 3 is 2.00 bits per heavy atom. The third kappa shape index (κ3) is 4.79. The molecule has 0 bridgehead atoms. The lowest BCUT2D eigenvalue weighted by molar-refractivity contribution is -0.318. The maximum Gasteiger partial charge on any atom is 0.229 e. The van der Waals surface area contributed by atoms with Crippen LogP contribution in [0.2, 0.25) is 0 Å². The van der Waals surface area contributed by atoms with Crippen LogP contribution in [0.25, 0.3) is 0 Å². The number of aliphatic hydroxyl groups excluding tert-OH is 6. The van der Waals surface area contributed by atoms with Crippen molar-refractivity contribution in [3.05, 3.63) is 24.3 Å². The van der Waals surface area contributed by atoms with Crippen LogP contribution in [0, 0.1) is 0 Å². The first-order valence-corrected chi connectivity index (χ1v) is 9.15. The van der Waals surface area contributed by atoms with Crippen LogP contribution >= 0.6 is 0 Å². The van der Waals surface area contributed by atoms with Crippen LogP contribution in [0.4, 0.5) is 0 Å². The Labute approximate surface area is 166 Å². The predicted molar refractivity (Wildman–Crippen MR) is 93.7 cm³/mol. The predicted octanol–water partition coefficient (Wildman–Crippen LogP) is -2.58. The van der Waals surface area contributed by atoms with Gasteiger partial charge in [-0.2, -0.15) is 0 Å². The molecule has 0 unspecified atom stereocenters. The molecule has 10 atom stereocenters. The van der Waals surface area contributed by atoms with Gasteiger partial charge in [0.2, 0.25) is 6.29 Å². The molecular formula is C18H26O11. The molecule has 11 heteroatoms. The molecule has 0 radical (unpaired) electrons. The smallest absolute Gasteiger partial charge is 0.229 e. The lowest BCUT2D eigenvalue weighted by Gasteiger charge is -2.42. The third-order valence-corrected chi connectivity index (χ3v) is 4.99. The Morgan fingerprint density at radius 1 is 0.759 bits per heavy atom. The van der Waals surface area contributed by atoms with E-state index in [1.165, 1.54) is 31.2 Å². The second-order valence-electron chi connectivity index (χ2n) is 7.14. The van der Waals surface area contributed by atoms with Crippen molar-refractivity contribution >= 4 is 0 Å². The topological polar surface area (TPSA) is 179 Å². The van der Waals surface area contributed by atoms with Crippen molar-refractivity contribution in [3.63, 3.8) is 0 Å². The molecule has 2 aliphatic heterocycles. The van der Waals surface area contributed by atoms with E-state index in [1.54, 1.807) is 0 Å². The van der Waals surface area contributed by atoms with Crippen LogP contribution in [0.3, 0.4) is 0 Å². The first kappa shape index (κ1) is 22.2. The Balaban J connectivity index is 1.63. The second-order valence-corrected chi connectivity index (χ2v) is 7.14. The van der Waals surface area contributed by atoms with Crippen molar-refractivity contribution in [2.24, 2.45) is 0 Å². The molecule has 1 aromatic rings. The standard InChI is InChI=1S/C18H26O11/c1-7-11(20)13(22)15(24)17(27-7)26-6-10-12(21)14(23)16(25)18(29-10)28-9-4-2-8(19)3-5-9/h2-5,7,10-25H,6H2,1H3/t7-,10+,11-,12+,13+,14-,15+,16+,17+,18+/m0/s1. The number of aliphatic hydroxyl groups is 6. The lowest BCUT2D eigenvalue weighted by atomic mass is 9.98. The summed E-state index contributed by atoms with van der Waals surface area (Å²) in [7, 11) is 0. The van der Waals surface area contributed by atoms with E-state index in [2.05, 4.69) is 0 Å². The van der Waals surface area contributed by atoms with Crippen LogP contribution < -0.4 is 4.74 Å². The zero-order valence-electron chi connectivity index (χ0n) is 15.6. The monoisotopic (exact) mass is 418 g/mol. The highest BCUT2D eigenvalue weighted by Gasteiger charge is 2.47. The molecule has 7 N–H and O–H groups in total. The Hall–Kier alpha value is -1.54. The van der Waals surface area contributed by atoms with Crippen LogP contribution in [0.15, 0.2) is 24.3 Å². The van der Waals surface area contributed by atoms with Crippen molar-refractivity contribution in [2.75, 3.05) is 6.61 Å². The van der Waals surface area contributed by atoms with Gasteiger partial charge in [-0.15, -0.1) is 0 Å². The van der Waals surface area contributed by atoms with Gasteiger partial charge in [0.05, 0.1) is 12.7 Å². The molecule has 0 saturated carbocycles. The maximum atomic E-state index is 10.2. The Kier molecular flexibility index (Phi) is 6.94. The van der Waals surface area contributed by atoms with Crippen LogP contribution in [0.1, 0.15) is 6.92 Å². The summed E-state index contributed by atoms with van der Waals surface area (Å²) in [5.74, 6) is 0.254. The average Bonchev–Trinajstić information content (AvgIpc) is 2.70. The number of phenolic OH excluding ortho intramolecular Hbond substituents is 1. The number of phenols is 1. The molecule has 2 heterocycles. The zero-order valence-corrected chi connectivity index (χ0v) is 15.6. The SMILES string of the molecule is C[C@@H]1O[C@@H](OC[C@H]2O[C@@H](Oc3ccc(O)cc3)[C@H](O)[C@@H](O)[C@@H]2O)[C@H](O)[C@H](O)[C@H]1O. The summed E-state index contributed by atoms with van der Waals surface area (Å²) in [6.45, 7) is 1.11. The summed E-state index contributed by atoms with van der Waals surface area (Å²) >= 11 is 0. The van der Waals surface area contributed by atoms with E-state index in [1.807, 2.05) is 0 Å². The van der Waals surface area contributed by atoms with Gasteiger partial charge in [0.1, 0.15) is 54.2 Å². The minimum absolute atomic E-state index is 0.0109. The summed E-state index contributed by atoms with van der Waals surface area (Å²) in [4.78, 5) is 0. The summed E-state index contributed by atoms with van der Waals surface area (Å²) in [5.41, 5.74) is 0. The number of ether oxygens (including phenoxy) is 4. The number of aromatic hydroxyl groups is 1. The number of hydrogen-bond acceptors (Lipinski definition) is 11. The maximum absolute atomic E-state index is 10.2.